The van der Waals surface area contributed by atoms with Crippen LogP contribution in [0, 0.1) is 0 Å². The van der Waals surface area contributed by atoms with E-state index in [0.717, 1.165) is 39.0 Å². The first-order valence-electron chi connectivity index (χ1n) is 7.30. The minimum Gasteiger partial charge on any atom is -0.341 e. The molecule has 1 amide bonds. The van der Waals surface area contributed by atoms with Crippen molar-refractivity contribution in [2.75, 3.05) is 49.1 Å². The predicted molar refractivity (Wildman–Crippen MR) is 80.8 cm³/mol. The van der Waals surface area contributed by atoms with Gasteiger partial charge in [-0.1, -0.05) is 0 Å². The number of nitrogens with zero attached hydrogens (tertiary/aromatic N) is 6. The first kappa shape index (κ1) is 14.3. The number of piperazine rings is 1. The minimum atomic E-state index is 0.112. The van der Waals surface area contributed by atoms with Crippen molar-refractivity contribution in [2.45, 2.75) is 19.8 Å². The van der Waals surface area contributed by atoms with Crippen molar-refractivity contribution in [2.24, 2.45) is 0 Å². The third kappa shape index (κ3) is 3.18. The number of rotatable bonds is 2. The lowest BCUT2D eigenvalue weighted by Gasteiger charge is -2.34. The second kappa shape index (κ2) is 6.01. The lowest BCUT2D eigenvalue weighted by Crippen LogP contribution is -2.48. The molecule has 3 heterocycles. The SMILES string of the molecule is CC(=O)N1CCN(c2nc(Cl)nc(N3CCCC3)n2)CC1. The van der Waals surface area contributed by atoms with Crippen molar-refractivity contribution in [1.82, 2.24) is 19.9 Å². The van der Waals surface area contributed by atoms with Gasteiger partial charge in [-0.25, -0.2) is 0 Å². The van der Waals surface area contributed by atoms with Crippen molar-refractivity contribution in [3.8, 4) is 0 Å². The fourth-order valence-corrected chi connectivity index (χ4v) is 2.90. The second-order valence-corrected chi connectivity index (χ2v) is 5.73. The van der Waals surface area contributed by atoms with Crippen LogP contribution in [0.1, 0.15) is 19.8 Å². The van der Waals surface area contributed by atoms with Gasteiger partial charge < -0.3 is 14.7 Å². The lowest BCUT2D eigenvalue weighted by atomic mass is 10.3. The van der Waals surface area contributed by atoms with Crippen molar-refractivity contribution in [1.29, 1.82) is 0 Å². The summed E-state index contributed by atoms with van der Waals surface area (Å²) in [4.78, 5) is 30.4. The number of carbonyl (C=O) groups is 1. The molecule has 21 heavy (non-hydrogen) atoms. The van der Waals surface area contributed by atoms with Crippen LogP contribution in [0.15, 0.2) is 0 Å². The van der Waals surface area contributed by atoms with Gasteiger partial charge in [-0.3, -0.25) is 4.79 Å². The summed E-state index contributed by atoms with van der Waals surface area (Å²) in [6.45, 7) is 6.37. The van der Waals surface area contributed by atoms with E-state index in [0.29, 0.717) is 25.0 Å². The quantitative estimate of drug-likeness (QED) is 0.805. The van der Waals surface area contributed by atoms with Crippen LogP contribution in [-0.2, 0) is 4.79 Å². The van der Waals surface area contributed by atoms with Crippen molar-refractivity contribution >= 4 is 29.4 Å². The number of carbonyl (C=O) groups excluding carboxylic acids is 1. The van der Waals surface area contributed by atoms with Crippen LogP contribution in [0.5, 0.6) is 0 Å². The van der Waals surface area contributed by atoms with E-state index in [1.54, 1.807) is 6.92 Å². The topological polar surface area (TPSA) is 65.5 Å². The Balaban J connectivity index is 1.74. The third-order valence-corrected chi connectivity index (χ3v) is 4.15. The highest BCUT2D eigenvalue weighted by Crippen LogP contribution is 2.21. The van der Waals surface area contributed by atoms with Gasteiger partial charge in [0.05, 0.1) is 0 Å². The number of aromatic nitrogens is 3. The van der Waals surface area contributed by atoms with E-state index >= 15 is 0 Å². The van der Waals surface area contributed by atoms with Gasteiger partial charge >= 0.3 is 0 Å². The Labute approximate surface area is 128 Å². The van der Waals surface area contributed by atoms with Gasteiger partial charge in [-0.2, -0.15) is 15.0 Å². The van der Waals surface area contributed by atoms with Crippen LogP contribution in [0.25, 0.3) is 0 Å². The number of anilines is 2. The molecule has 0 unspecified atom stereocenters. The van der Waals surface area contributed by atoms with Gasteiger partial charge in [0.2, 0.25) is 23.1 Å². The Morgan fingerprint density at radius 3 is 1.95 bits per heavy atom. The molecule has 1 aromatic rings. The summed E-state index contributed by atoms with van der Waals surface area (Å²) < 4.78 is 0. The van der Waals surface area contributed by atoms with Gasteiger partial charge in [-0.05, 0) is 24.4 Å². The lowest BCUT2D eigenvalue weighted by molar-refractivity contribution is -0.129. The smallest absolute Gasteiger partial charge is 0.231 e. The molecule has 0 saturated carbocycles. The van der Waals surface area contributed by atoms with Crippen LogP contribution in [0.2, 0.25) is 5.28 Å². The zero-order valence-electron chi connectivity index (χ0n) is 12.1. The highest BCUT2D eigenvalue weighted by Gasteiger charge is 2.23. The van der Waals surface area contributed by atoms with E-state index in [1.807, 2.05) is 4.90 Å². The van der Waals surface area contributed by atoms with Crippen molar-refractivity contribution < 1.29 is 4.79 Å². The van der Waals surface area contributed by atoms with E-state index in [1.165, 1.54) is 0 Å². The van der Waals surface area contributed by atoms with E-state index in [4.69, 9.17) is 11.6 Å². The first-order valence-corrected chi connectivity index (χ1v) is 7.68. The van der Waals surface area contributed by atoms with E-state index in [2.05, 4.69) is 24.8 Å². The van der Waals surface area contributed by atoms with E-state index < -0.39 is 0 Å². The largest absolute Gasteiger partial charge is 0.341 e. The van der Waals surface area contributed by atoms with Gasteiger partial charge in [-0.15, -0.1) is 0 Å². The molecule has 0 aliphatic carbocycles. The zero-order valence-corrected chi connectivity index (χ0v) is 12.9. The molecular weight excluding hydrogens is 292 g/mol. The molecule has 8 heteroatoms. The molecule has 0 spiro atoms. The fraction of sp³-hybridized carbons (Fsp3) is 0.692. The second-order valence-electron chi connectivity index (χ2n) is 5.39. The maximum absolute atomic E-state index is 11.4. The zero-order chi connectivity index (χ0) is 14.8. The van der Waals surface area contributed by atoms with E-state index in [9.17, 15) is 4.79 Å². The van der Waals surface area contributed by atoms with Gasteiger partial charge in [0.25, 0.3) is 0 Å². The van der Waals surface area contributed by atoms with Gasteiger partial charge in [0, 0.05) is 46.2 Å². The molecule has 0 N–H and O–H groups in total. The van der Waals surface area contributed by atoms with Crippen LogP contribution < -0.4 is 9.80 Å². The number of amides is 1. The maximum Gasteiger partial charge on any atom is 0.231 e. The Bertz CT molecular complexity index is 525. The molecular formula is C13H19ClN6O. The van der Waals surface area contributed by atoms with Crippen molar-refractivity contribution in [3.05, 3.63) is 5.28 Å². The Morgan fingerprint density at radius 2 is 1.43 bits per heavy atom. The fourth-order valence-electron chi connectivity index (χ4n) is 2.75. The Morgan fingerprint density at radius 1 is 0.905 bits per heavy atom. The summed E-state index contributed by atoms with van der Waals surface area (Å²) in [7, 11) is 0. The summed E-state index contributed by atoms with van der Waals surface area (Å²) in [6.07, 6.45) is 2.33. The molecule has 3 rings (SSSR count). The minimum absolute atomic E-state index is 0.112. The molecule has 7 nitrogen and oxygen atoms in total. The normalized spacial score (nSPS) is 19.2. The number of halogens is 1. The van der Waals surface area contributed by atoms with Crippen LogP contribution >= 0.6 is 11.6 Å². The summed E-state index contributed by atoms with van der Waals surface area (Å²) in [5.41, 5.74) is 0. The molecule has 2 aliphatic rings. The average Bonchev–Trinajstić information content (AvgIpc) is 3.01. The van der Waals surface area contributed by atoms with Crippen LogP contribution in [0.4, 0.5) is 11.9 Å². The summed E-state index contributed by atoms with van der Waals surface area (Å²) in [5.74, 6) is 1.39. The first-order chi connectivity index (χ1) is 10.1. The Kier molecular flexibility index (Phi) is 4.10. The molecule has 0 atom stereocenters. The standard InChI is InChI=1S/C13H19ClN6O/c1-10(21)18-6-8-20(9-7-18)13-16-11(14)15-12(17-13)19-4-2-3-5-19/h2-9H2,1H3. The number of hydrogen-bond donors (Lipinski definition) is 0. The Hall–Kier alpha value is -1.63. The monoisotopic (exact) mass is 310 g/mol. The van der Waals surface area contributed by atoms with Crippen LogP contribution in [0.3, 0.4) is 0 Å². The molecule has 0 bridgehead atoms. The third-order valence-electron chi connectivity index (χ3n) is 3.98. The van der Waals surface area contributed by atoms with E-state index in [-0.39, 0.29) is 11.2 Å². The van der Waals surface area contributed by atoms with Gasteiger partial charge in [0.15, 0.2) is 0 Å². The molecule has 0 radical (unpaired) electrons. The molecule has 2 aliphatic heterocycles. The molecule has 2 fully saturated rings. The highest BCUT2D eigenvalue weighted by atomic mass is 35.5. The average molecular weight is 311 g/mol. The van der Waals surface area contributed by atoms with Crippen molar-refractivity contribution in [3.63, 3.8) is 0 Å². The molecule has 114 valence electrons. The summed E-state index contributed by atoms with van der Waals surface area (Å²) in [6, 6.07) is 0. The molecule has 1 aromatic heterocycles. The predicted octanol–water partition coefficient (Wildman–Crippen LogP) is 0.794. The summed E-state index contributed by atoms with van der Waals surface area (Å²) >= 11 is 6.05. The molecule has 2 saturated heterocycles. The molecule has 0 aromatic carbocycles. The highest BCUT2D eigenvalue weighted by molar-refractivity contribution is 6.28. The maximum atomic E-state index is 11.4. The number of hydrogen-bond acceptors (Lipinski definition) is 6. The summed E-state index contributed by atoms with van der Waals surface area (Å²) in [5, 5.41) is 0.232. The van der Waals surface area contributed by atoms with Gasteiger partial charge in [0.1, 0.15) is 0 Å². The van der Waals surface area contributed by atoms with Crippen LogP contribution in [-0.4, -0.2) is 65.0 Å².